The van der Waals surface area contributed by atoms with Crippen molar-refractivity contribution in [1.29, 1.82) is 0 Å². The number of benzene rings is 3. The summed E-state index contributed by atoms with van der Waals surface area (Å²) in [6, 6.07) is 25.8. The Bertz CT molecular complexity index is 879. The number of hydrogen-bond acceptors (Lipinski definition) is 2. The van der Waals surface area contributed by atoms with Gasteiger partial charge in [-0.05, 0) is 23.3 Å². The van der Waals surface area contributed by atoms with Crippen LogP contribution in [0.3, 0.4) is 0 Å². The van der Waals surface area contributed by atoms with Crippen LogP contribution in [0.25, 0.3) is 0 Å². The lowest BCUT2D eigenvalue weighted by molar-refractivity contribution is -0.946. The predicted octanol–water partition coefficient (Wildman–Crippen LogP) is 2.72. The van der Waals surface area contributed by atoms with E-state index in [0.717, 1.165) is 24.2 Å². The molecule has 144 valence electrons. The monoisotopic (exact) mass is 378 g/mol. The van der Waals surface area contributed by atoms with Gasteiger partial charge in [-0.1, -0.05) is 72.8 Å². The molecular formula is C24H25FNO2+. The highest BCUT2D eigenvalue weighted by atomic mass is 19.1. The van der Waals surface area contributed by atoms with Gasteiger partial charge in [0, 0.05) is 5.56 Å². The molecule has 4 rings (SSSR count). The second kappa shape index (κ2) is 8.23. The van der Waals surface area contributed by atoms with E-state index >= 15 is 0 Å². The van der Waals surface area contributed by atoms with Gasteiger partial charge in [0.15, 0.2) is 11.6 Å². The summed E-state index contributed by atoms with van der Waals surface area (Å²) in [5.74, 6) is -0.311. The van der Waals surface area contributed by atoms with E-state index in [9.17, 15) is 9.50 Å². The summed E-state index contributed by atoms with van der Waals surface area (Å²) < 4.78 is 19.2. The summed E-state index contributed by atoms with van der Waals surface area (Å²) in [6.45, 7) is 2.92. The first kappa shape index (κ1) is 18.8. The van der Waals surface area contributed by atoms with Crippen molar-refractivity contribution in [2.45, 2.75) is 11.6 Å². The molecule has 0 spiro atoms. The number of quaternary nitrogens is 1. The number of nitrogens with one attached hydrogen (secondary N) is 1. The van der Waals surface area contributed by atoms with Crippen molar-refractivity contribution in [3.63, 3.8) is 0 Å². The molecule has 1 aliphatic rings. The van der Waals surface area contributed by atoms with Crippen LogP contribution < -0.4 is 4.90 Å². The summed E-state index contributed by atoms with van der Waals surface area (Å²) in [7, 11) is 0. The molecule has 3 nitrogen and oxygen atoms in total. The Labute approximate surface area is 165 Å². The number of aliphatic hydroxyl groups is 1. The Hall–Kier alpha value is -2.53. The number of ether oxygens (including phenoxy) is 1. The minimum absolute atomic E-state index is 0.245. The largest absolute Gasteiger partial charge is 0.374 e. The molecule has 0 aromatic heterocycles. The summed E-state index contributed by atoms with van der Waals surface area (Å²) in [5.41, 5.74) is 1.24. The SMILES string of the molecule is O[C@@](c1ccccc1)(c1ccc(F)cc1)[C@@H](c1ccccc1)[NH+]1CCOCC1. The highest BCUT2D eigenvalue weighted by Crippen LogP contribution is 2.39. The fourth-order valence-corrected chi connectivity index (χ4v) is 4.24. The van der Waals surface area contributed by atoms with Crippen LogP contribution in [-0.2, 0) is 10.3 Å². The van der Waals surface area contributed by atoms with Crippen LogP contribution in [0.1, 0.15) is 22.7 Å². The lowest BCUT2D eigenvalue weighted by Gasteiger charge is -2.42. The second-order valence-corrected chi connectivity index (χ2v) is 7.25. The smallest absolute Gasteiger partial charge is 0.171 e. The van der Waals surface area contributed by atoms with Gasteiger partial charge in [0.1, 0.15) is 18.9 Å². The molecule has 0 unspecified atom stereocenters. The minimum Gasteiger partial charge on any atom is -0.374 e. The van der Waals surface area contributed by atoms with E-state index in [1.165, 1.54) is 17.0 Å². The van der Waals surface area contributed by atoms with E-state index in [2.05, 4.69) is 12.1 Å². The molecule has 3 aromatic carbocycles. The lowest BCUT2D eigenvalue weighted by atomic mass is 9.76. The summed E-state index contributed by atoms with van der Waals surface area (Å²) in [4.78, 5) is 1.26. The average molecular weight is 378 g/mol. The van der Waals surface area contributed by atoms with E-state index in [1.54, 1.807) is 12.1 Å². The van der Waals surface area contributed by atoms with E-state index in [-0.39, 0.29) is 11.9 Å². The molecule has 1 saturated heterocycles. The number of hydrogen-bond donors (Lipinski definition) is 2. The Balaban J connectivity index is 1.92. The number of morpholine rings is 1. The van der Waals surface area contributed by atoms with Crippen molar-refractivity contribution in [2.24, 2.45) is 0 Å². The maximum absolute atomic E-state index is 13.7. The van der Waals surface area contributed by atoms with Gasteiger partial charge < -0.3 is 14.7 Å². The third-order valence-electron chi connectivity index (χ3n) is 5.59. The van der Waals surface area contributed by atoms with Gasteiger partial charge in [-0.25, -0.2) is 4.39 Å². The van der Waals surface area contributed by atoms with E-state index in [4.69, 9.17) is 4.74 Å². The van der Waals surface area contributed by atoms with Crippen molar-refractivity contribution < 1.29 is 19.1 Å². The molecular weight excluding hydrogens is 353 g/mol. The Morgan fingerprint density at radius 2 is 1.32 bits per heavy atom. The maximum atomic E-state index is 13.7. The van der Waals surface area contributed by atoms with Crippen LogP contribution in [0, 0.1) is 5.82 Å². The standard InChI is InChI=1S/C24H24FNO2/c25-22-13-11-21(12-14-22)24(27,20-9-5-2-6-10-20)23(19-7-3-1-4-8-19)26-15-17-28-18-16-26/h1-14,23,27H,15-18H2/p+1/t23-,24+/m1/s1. The molecule has 0 bridgehead atoms. The third-order valence-corrected chi connectivity index (χ3v) is 5.59. The molecule has 1 heterocycles. The normalized spacial score (nSPS) is 18.4. The summed E-state index contributed by atoms with van der Waals surface area (Å²) >= 11 is 0. The van der Waals surface area contributed by atoms with Gasteiger partial charge in [-0.3, -0.25) is 0 Å². The van der Waals surface area contributed by atoms with Gasteiger partial charge in [0.2, 0.25) is 0 Å². The van der Waals surface area contributed by atoms with Gasteiger partial charge in [0.25, 0.3) is 0 Å². The maximum Gasteiger partial charge on any atom is 0.171 e. The Morgan fingerprint density at radius 3 is 1.93 bits per heavy atom. The highest BCUT2D eigenvalue weighted by Gasteiger charge is 2.47. The quantitative estimate of drug-likeness (QED) is 0.716. The van der Waals surface area contributed by atoms with Crippen molar-refractivity contribution >= 4 is 0 Å². The molecule has 1 aliphatic heterocycles. The van der Waals surface area contributed by atoms with Crippen LogP contribution in [0.5, 0.6) is 0 Å². The van der Waals surface area contributed by atoms with Crippen LogP contribution in [0.15, 0.2) is 84.9 Å². The van der Waals surface area contributed by atoms with Crippen LogP contribution in [0.2, 0.25) is 0 Å². The van der Waals surface area contributed by atoms with Gasteiger partial charge in [-0.2, -0.15) is 0 Å². The molecule has 28 heavy (non-hydrogen) atoms. The molecule has 0 saturated carbocycles. The first-order valence-electron chi connectivity index (χ1n) is 9.71. The van der Waals surface area contributed by atoms with Crippen molar-refractivity contribution in [3.8, 4) is 0 Å². The summed E-state index contributed by atoms with van der Waals surface area (Å²) in [6.07, 6.45) is 0. The highest BCUT2D eigenvalue weighted by molar-refractivity contribution is 5.40. The van der Waals surface area contributed by atoms with Gasteiger partial charge in [0.05, 0.1) is 13.2 Å². The van der Waals surface area contributed by atoms with Crippen LogP contribution >= 0.6 is 0 Å². The molecule has 4 heteroatoms. The van der Waals surface area contributed by atoms with Crippen LogP contribution in [-0.4, -0.2) is 31.4 Å². The van der Waals surface area contributed by atoms with Crippen molar-refractivity contribution in [2.75, 3.05) is 26.3 Å². The zero-order valence-electron chi connectivity index (χ0n) is 15.7. The fraction of sp³-hybridized carbons (Fsp3) is 0.250. The zero-order valence-corrected chi connectivity index (χ0v) is 15.7. The molecule has 1 fully saturated rings. The first-order valence-corrected chi connectivity index (χ1v) is 9.71. The third kappa shape index (κ3) is 3.59. The lowest BCUT2D eigenvalue weighted by Crippen LogP contribution is -3.15. The Kier molecular flexibility index (Phi) is 5.53. The molecule has 3 aromatic rings. The van der Waals surface area contributed by atoms with E-state index in [1.807, 2.05) is 48.5 Å². The number of halogens is 1. The van der Waals surface area contributed by atoms with Crippen molar-refractivity contribution in [1.82, 2.24) is 0 Å². The van der Waals surface area contributed by atoms with Crippen molar-refractivity contribution in [3.05, 3.63) is 107 Å². The molecule has 0 radical (unpaired) electrons. The molecule has 2 atom stereocenters. The second-order valence-electron chi connectivity index (χ2n) is 7.25. The number of rotatable bonds is 5. The topological polar surface area (TPSA) is 33.9 Å². The fourth-order valence-electron chi connectivity index (χ4n) is 4.24. The Morgan fingerprint density at radius 1 is 0.786 bits per heavy atom. The molecule has 0 amide bonds. The van der Waals surface area contributed by atoms with E-state index < -0.39 is 5.60 Å². The molecule has 0 aliphatic carbocycles. The average Bonchev–Trinajstić information content (AvgIpc) is 2.76. The zero-order chi connectivity index (χ0) is 19.4. The first-order chi connectivity index (χ1) is 13.7. The van der Waals surface area contributed by atoms with Gasteiger partial charge in [-0.15, -0.1) is 0 Å². The summed E-state index contributed by atoms with van der Waals surface area (Å²) in [5, 5.41) is 12.3. The van der Waals surface area contributed by atoms with Crippen LogP contribution in [0.4, 0.5) is 4.39 Å². The van der Waals surface area contributed by atoms with E-state index in [0.29, 0.717) is 18.8 Å². The minimum atomic E-state index is -1.30. The predicted molar refractivity (Wildman–Crippen MR) is 107 cm³/mol. The van der Waals surface area contributed by atoms with Gasteiger partial charge >= 0.3 is 0 Å². The molecule has 2 N–H and O–H groups in total.